The Morgan fingerprint density at radius 2 is 0.784 bits per heavy atom. The molecular formula is C45H40N2O4. The lowest BCUT2D eigenvalue weighted by Crippen LogP contribution is -2.11. The monoisotopic (exact) mass is 672 g/mol. The molecule has 2 fully saturated rings. The number of nitrogens with zero attached hydrogens (tertiary/aromatic N) is 2. The van der Waals surface area contributed by atoms with Crippen molar-refractivity contribution >= 4 is 34.1 Å². The van der Waals surface area contributed by atoms with Gasteiger partial charge in [0.1, 0.15) is 0 Å². The first kappa shape index (κ1) is 31.7. The molecule has 0 spiro atoms. The highest BCUT2D eigenvalue weighted by Gasteiger charge is 2.26. The van der Waals surface area contributed by atoms with Crippen molar-refractivity contribution in [2.75, 3.05) is 36.2 Å². The SMILES string of the molecule is Cc1cccc(N(c2cccc(C3OCCO3)c2)c2ccc3c(c2)Cc2cc(N(c4cccc(C)c4)c4cccc(C5OCCO5)c4)ccc2-3)c1. The van der Waals surface area contributed by atoms with Crippen LogP contribution in [0, 0.1) is 13.8 Å². The van der Waals surface area contributed by atoms with Gasteiger partial charge in [-0.2, -0.15) is 0 Å². The summed E-state index contributed by atoms with van der Waals surface area (Å²) in [6, 6.07) is 48.2. The zero-order valence-corrected chi connectivity index (χ0v) is 28.9. The van der Waals surface area contributed by atoms with Gasteiger partial charge in [-0.3, -0.25) is 0 Å². The van der Waals surface area contributed by atoms with Crippen LogP contribution in [0.25, 0.3) is 11.1 Å². The summed E-state index contributed by atoms with van der Waals surface area (Å²) in [6.07, 6.45) is 0.182. The number of hydrogen-bond acceptors (Lipinski definition) is 6. The standard InChI is InChI=1S/C45H40N2O4/c1-30-7-3-11-36(23-30)46(38-13-5-9-32(26-38)44-48-19-20-49-44)40-15-17-42-34(28-40)25-35-29-41(16-18-43(35)42)47(37-12-4-8-31(2)24-37)39-14-6-10-33(27-39)45-50-21-22-51-45/h3-18,23-24,26-29,44-45H,19-22,25H2,1-2H3. The molecular weight excluding hydrogens is 633 g/mol. The summed E-state index contributed by atoms with van der Waals surface area (Å²) in [5, 5.41) is 0. The fraction of sp³-hybridized carbons (Fsp3) is 0.200. The minimum Gasteiger partial charge on any atom is -0.346 e. The number of fused-ring (bicyclic) bond motifs is 3. The highest BCUT2D eigenvalue weighted by molar-refractivity contribution is 5.86. The lowest BCUT2D eigenvalue weighted by molar-refractivity contribution is -0.0442. The average molecular weight is 673 g/mol. The van der Waals surface area contributed by atoms with Crippen molar-refractivity contribution in [2.24, 2.45) is 0 Å². The van der Waals surface area contributed by atoms with Gasteiger partial charge in [-0.05, 0) is 126 Å². The molecule has 0 bridgehead atoms. The van der Waals surface area contributed by atoms with Crippen LogP contribution in [0.3, 0.4) is 0 Å². The summed E-state index contributed by atoms with van der Waals surface area (Å²) in [6.45, 7) is 6.74. The van der Waals surface area contributed by atoms with E-state index in [0.29, 0.717) is 26.4 Å². The number of hydrogen-bond donors (Lipinski definition) is 0. The van der Waals surface area contributed by atoms with Crippen LogP contribution in [0.4, 0.5) is 34.1 Å². The number of rotatable bonds is 8. The maximum absolute atomic E-state index is 5.86. The van der Waals surface area contributed by atoms with E-state index in [-0.39, 0.29) is 12.6 Å². The van der Waals surface area contributed by atoms with Crippen LogP contribution >= 0.6 is 0 Å². The maximum atomic E-state index is 5.86. The quantitative estimate of drug-likeness (QED) is 0.160. The normalized spacial score (nSPS) is 15.6. The van der Waals surface area contributed by atoms with E-state index < -0.39 is 0 Å². The van der Waals surface area contributed by atoms with E-state index in [1.165, 1.54) is 33.4 Å². The molecule has 6 aromatic rings. The average Bonchev–Trinajstić information content (AvgIpc) is 3.95. The molecule has 0 saturated carbocycles. The summed E-state index contributed by atoms with van der Waals surface area (Å²) >= 11 is 0. The first-order valence-electron chi connectivity index (χ1n) is 17.7. The first-order chi connectivity index (χ1) is 25.1. The van der Waals surface area contributed by atoms with Crippen molar-refractivity contribution in [3.8, 4) is 11.1 Å². The number of aryl methyl sites for hydroxylation is 2. The van der Waals surface area contributed by atoms with Crippen molar-refractivity contribution in [3.63, 3.8) is 0 Å². The number of anilines is 6. The molecule has 2 saturated heterocycles. The smallest absolute Gasteiger partial charge is 0.184 e. The third-order valence-electron chi connectivity index (χ3n) is 9.93. The van der Waals surface area contributed by atoms with Gasteiger partial charge < -0.3 is 28.7 Å². The van der Waals surface area contributed by atoms with Gasteiger partial charge in [-0.15, -0.1) is 0 Å². The van der Waals surface area contributed by atoms with Crippen LogP contribution in [0.15, 0.2) is 133 Å². The summed E-state index contributed by atoms with van der Waals surface area (Å²) in [5.74, 6) is 0. The van der Waals surface area contributed by atoms with Crippen molar-refractivity contribution in [2.45, 2.75) is 32.8 Å². The largest absolute Gasteiger partial charge is 0.346 e. The molecule has 2 aliphatic heterocycles. The summed E-state index contributed by atoms with van der Waals surface area (Å²) in [4.78, 5) is 4.68. The Labute approximate surface area is 299 Å². The molecule has 0 unspecified atom stereocenters. The second-order valence-electron chi connectivity index (χ2n) is 13.5. The predicted octanol–water partition coefficient (Wildman–Crippen LogP) is 10.9. The molecule has 254 valence electrons. The minimum atomic E-state index is -0.334. The lowest BCUT2D eigenvalue weighted by Gasteiger charge is -2.27. The fourth-order valence-electron chi connectivity index (χ4n) is 7.61. The van der Waals surface area contributed by atoms with E-state index in [1.807, 2.05) is 0 Å². The molecule has 3 aliphatic rings. The Morgan fingerprint density at radius 3 is 1.20 bits per heavy atom. The summed E-state index contributed by atoms with van der Waals surface area (Å²) < 4.78 is 23.5. The highest BCUT2D eigenvalue weighted by atomic mass is 16.7. The molecule has 1 aliphatic carbocycles. The zero-order valence-electron chi connectivity index (χ0n) is 28.9. The molecule has 0 radical (unpaired) electrons. The minimum absolute atomic E-state index is 0.334. The molecule has 51 heavy (non-hydrogen) atoms. The van der Waals surface area contributed by atoms with Crippen LogP contribution in [0.1, 0.15) is 46.0 Å². The third-order valence-corrected chi connectivity index (χ3v) is 9.93. The van der Waals surface area contributed by atoms with Gasteiger partial charge >= 0.3 is 0 Å². The van der Waals surface area contributed by atoms with E-state index in [0.717, 1.165) is 51.7 Å². The Morgan fingerprint density at radius 1 is 0.412 bits per heavy atom. The second-order valence-corrected chi connectivity index (χ2v) is 13.5. The van der Waals surface area contributed by atoms with E-state index in [4.69, 9.17) is 18.9 Å². The molecule has 6 heteroatoms. The number of ether oxygens (including phenoxy) is 4. The van der Waals surface area contributed by atoms with Gasteiger partial charge in [0.2, 0.25) is 0 Å². The predicted molar refractivity (Wildman–Crippen MR) is 203 cm³/mol. The maximum Gasteiger partial charge on any atom is 0.184 e. The van der Waals surface area contributed by atoms with E-state index in [1.54, 1.807) is 0 Å². The summed E-state index contributed by atoms with van der Waals surface area (Å²) in [5.41, 5.74) is 16.3. The lowest BCUT2D eigenvalue weighted by atomic mass is 10.0. The Kier molecular flexibility index (Phi) is 8.38. The molecule has 2 heterocycles. The van der Waals surface area contributed by atoms with Crippen LogP contribution in [-0.2, 0) is 25.4 Å². The van der Waals surface area contributed by atoms with E-state index in [9.17, 15) is 0 Å². The van der Waals surface area contributed by atoms with Crippen LogP contribution in [-0.4, -0.2) is 26.4 Å². The molecule has 9 rings (SSSR count). The molecule has 6 aromatic carbocycles. The molecule has 0 amide bonds. The number of benzene rings is 6. The van der Waals surface area contributed by atoms with Gasteiger partial charge in [0.15, 0.2) is 12.6 Å². The molecule has 6 nitrogen and oxygen atoms in total. The Hall–Kier alpha value is -5.24. The van der Waals surface area contributed by atoms with Crippen LogP contribution in [0.5, 0.6) is 0 Å². The van der Waals surface area contributed by atoms with Gasteiger partial charge in [0.05, 0.1) is 26.4 Å². The van der Waals surface area contributed by atoms with Crippen molar-refractivity contribution in [1.82, 2.24) is 0 Å². The Balaban J connectivity index is 1.08. The third kappa shape index (κ3) is 6.21. The Bertz CT molecular complexity index is 2060. The van der Waals surface area contributed by atoms with Crippen molar-refractivity contribution < 1.29 is 18.9 Å². The highest BCUT2D eigenvalue weighted by Crippen LogP contribution is 2.45. The first-order valence-corrected chi connectivity index (χ1v) is 17.7. The van der Waals surface area contributed by atoms with Crippen molar-refractivity contribution in [1.29, 1.82) is 0 Å². The van der Waals surface area contributed by atoms with Gasteiger partial charge in [-0.1, -0.05) is 60.7 Å². The van der Waals surface area contributed by atoms with Crippen LogP contribution < -0.4 is 9.80 Å². The molecule has 0 aromatic heterocycles. The van der Waals surface area contributed by atoms with E-state index >= 15 is 0 Å². The van der Waals surface area contributed by atoms with Crippen LogP contribution in [0.2, 0.25) is 0 Å². The second kappa shape index (κ2) is 13.5. The van der Waals surface area contributed by atoms with Gasteiger partial charge in [-0.25, -0.2) is 0 Å². The molecule has 0 N–H and O–H groups in total. The van der Waals surface area contributed by atoms with E-state index in [2.05, 4.69) is 157 Å². The van der Waals surface area contributed by atoms with Crippen molar-refractivity contribution in [3.05, 3.63) is 167 Å². The zero-order chi connectivity index (χ0) is 34.3. The van der Waals surface area contributed by atoms with Gasteiger partial charge in [0.25, 0.3) is 0 Å². The molecule has 0 atom stereocenters. The summed E-state index contributed by atoms with van der Waals surface area (Å²) in [7, 11) is 0. The fourth-order valence-corrected chi connectivity index (χ4v) is 7.61. The topological polar surface area (TPSA) is 43.4 Å². The van der Waals surface area contributed by atoms with Gasteiger partial charge in [0, 0.05) is 45.3 Å².